The molecule has 0 bridgehead atoms. The second-order valence-corrected chi connectivity index (χ2v) is 20.0. The zero-order valence-corrected chi connectivity index (χ0v) is 38.8. The first kappa shape index (κ1) is 38.5. The molecule has 0 amide bonds. The maximum atomic E-state index is 3.57. The monoisotopic (exact) mass is 1000 g/mol. The van der Waals surface area contributed by atoms with Crippen molar-refractivity contribution < 1.29 is 0 Å². The second-order valence-electron chi connectivity index (χ2n) is 16.9. The van der Waals surface area contributed by atoms with E-state index >= 15 is 0 Å². The SMILES string of the molecule is Brc1ccc(I)cc1.CC1(C)c2ccccc2-c2cc3c(cc21)Cc1ccccc1-3.CC1(C)c2ccccc2-c2cc3c4ccccc4n(-c4ccc(Br)cc4)c3cc21. The summed E-state index contributed by atoms with van der Waals surface area (Å²) in [5.74, 6) is 0. The van der Waals surface area contributed by atoms with Crippen molar-refractivity contribution in [1.29, 1.82) is 0 Å². The van der Waals surface area contributed by atoms with Gasteiger partial charge in [0.15, 0.2) is 0 Å². The summed E-state index contributed by atoms with van der Waals surface area (Å²) in [4.78, 5) is 0. The van der Waals surface area contributed by atoms with E-state index in [0.29, 0.717) is 0 Å². The Balaban J connectivity index is 0.000000123. The van der Waals surface area contributed by atoms with Gasteiger partial charge in [-0.15, -0.1) is 0 Å². The van der Waals surface area contributed by atoms with Crippen LogP contribution in [0.15, 0.2) is 179 Å². The van der Waals surface area contributed by atoms with Gasteiger partial charge in [-0.25, -0.2) is 0 Å². The zero-order valence-electron chi connectivity index (χ0n) is 33.5. The molecule has 0 unspecified atom stereocenters. The summed E-state index contributed by atoms with van der Waals surface area (Å²) in [6, 6.07) is 61.8. The Morgan fingerprint density at radius 2 is 0.949 bits per heavy atom. The smallest absolute Gasteiger partial charge is 0.0544 e. The molecule has 0 atom stereocenters. The number of hydrogen-bond acceptors (Lipinski definition) is 0. The molecule has 1 nitrogen and oxygen atoms in total. The summed E-state index contributed by atoms with van der Waals surface area (Å²) < 4.78 is 5.90. The number of nitrogens with zero attached hydrogens (tertiary/aromatic N) is 1. The molecule has 4 heteroatoms. The Labute approximate surface area is 377 Å². The zero-order chi connectivity index (χ0) is 40.6. The Morgan fingerprint density at radius 3 is 1.59 bits per heavy atom. The molecular formula is C55H42Br2IN. The molecule has 9 aromatic rings. The van der Waals surface area contributed by atoms with Gasteiger partial charge in [0.05, 0.1) is 11.0 Å². The molecule has 1 heterocycles. The first-order chi connectivity index (χ1) is 28.5. The van der Waals surface area contributed by atoms with E-state index in [4.69, 9.17) is 0 Å². The standard InChI is InChI=1S/C27H20BrN.C22H18.C6H4BrI/c1-27(2)23-9-5-3-7-19(23)21-15-22-20-8-4-6-10-25(20)29(26(22)16-24(21)27)18-13-11-17(28)12-14-18;1-22(2)20-10-6-5-9-17(20)19-13-18-15(12-21(19)22)11-14-7-3-4-8-16(14)18;7-5-1-3-6(8)4-2-5/h3-16H,1-2H3;3-10,12-13H,11H2,1-2H3;1-4H. The van der Waals surface area contributed by atoms with E-state index in [9.17, 15) is 0 Å². The van der Waals surface area contributed by atoms with E-state index < -0.39 is 0 Å². The van der Waals surface area contributed by atoms with Crippen molar-refractivity contribution in [2.45, 2.75) is 44.9 Å². The molecular weight excluding hydrogens is 961 g/mol. The van der Waals surface area contributed by atoms with Crippen LogP contribution in [0.25, 0.3) is 60.9 Å². The maximum absolute atomic E-state index is 3.57. The quantitative estimate of drug-likeness (QED) is 0.144. The Hall–Kier alpha value is -4.75. The number of para-hydroxylation sites is 1. The van der Waals surface area contributed by atoms with Crippen LogP contribution in [-0.2, 0) is 17.3 Å². The molecule has 0 saturated carbocycles. The van der Waals surface area contributed by atoms with Gasteiger partial charge in [0.2, 0.25) is 0 Å². The lowest BCUT2D eigenvalue weighted by molar-refractivity contribution is 0.659. The summed E-state index contributed by atoms with van der Waals surface area (Å²) in [7, 11) is 0. The normalized spacial score (nSPS) is 14.2. The fourth-order valence-corrected chi connectivity index (χ4v) is 10.7. The van der Waals surface area contributed by atoms with Crippen LogP contribution in [0.3, 0.4) is 0 Å². The molecule has 3 aliphatic carbocycles. The molecule has 3 aliphatic rings. The number of benzene rings is 8. The molecule has 1 aromatic heterocycles. The van der Waals surface area contributed by atoms with Crippen LogP contribution in [0.4, 0.5) is 0 Å². The number of rotatable bonds is 1. The van der Waals surface area contributed by atoms with Crippen LogP contribution >= 0.6 is 54.5 Å². The first-order valence-electron chi connectivity index (χ1n) is 20.2. The molecule has 288 valence electrons. The average Bonchev–Trinajstić information content (AvgIpc) is 3.92. The summed E-state index contributed by atoms with van der Waals surface area (Å²) in [6.45, 7) is 9.39. The van der Waals surface area contributed by atoms with Crippen LogP contribution in [0, 0.1) is 3.57 Å². The van der Waals surface area contributed by atoms with Crippen LogP contribution in [-0.4, -0.2) is 4.57 Å². The number of hydrogen-bond donors (Lipinski definition) is 0. The third-order valence-corrected chi connectivity index (χ3v) is 14.5. The minimum atomic E-state index is 0.00111. The number of halogens is 3. The van der Waals surface area contributed by atoms with Crippen molar-refractivity contribution >= 4 is 76.3 Å². The molecule has 0 spiro atoms. The van der Waals surface area contributed by atoms with Gasteiger partial charge in [0, 0.05) is 39.8 Å². The van der Waals surface area contributed by atoms with Gasteiger partial charge in [-0.2, -0.15) is 0 Å². The van der Waals surface area contributed by atoms with E-state index in [2.05, 4.69) is 244 Å². The lowest BCUT2D eigenvalue weighted by Crippen LogP contribution is -2.15. The van der Waals surface area contributed by atoms with Crippen molar-refractivity contribution in [3.8, 4) is 39.1 Å². The van der Waals surface area contributed by atoms with Gasteiger partial charge in [0.25, 0.3) is 0 Å². The summed E-state index contributed by atoms with van der Waals surface area (Å²) >= 11 is 9.19. The van der Waals surface area contributed by atoms with Crippen molar-refractivity contribution in [1.82, 2.24) is 4.57 Å². The summed E-state index contributed by atoms with van der Waals surface area (Å²) in [5, 5.41) is 2.62. The van der Waals surface area contributed by atoms with E-state index in [0.717, 1.165) is 15.4 Å². The van der Waals surface area contributed by atoms with Crippen LogP contribution < -0.4 is 0 Å². The lowest BCUT2D eigenvalue weighted by atomic mass is 9.81. The third kappa shape index (κ3) is 6.45. The van der Waals surface area contributed by atoms with Crippen LogP contribution in [0.1, 0.15) is 61.1 Å². The minimum absolute atomic E-state index is 0.00111. The number of fused-ring (bicyclic) bond motifs is 12. The Kier molecular flexibility index (Phi) is 9.62. The van der Waals surface area contributed by atoms with Crippen molar-refractivity contribution in [2.24, 2.45) is 0 Å². The molecule has 0 saturated heterocycles. The molecule has 0 fully saturated rings. The van der Waals surface area contributed by atoms with E-state index in [1.54, 1.807) is 0 Å². The summed E-state index contributed by atoms with van der Waals surface area (Å²) in [6.07, 6.45) is 1.07. The molecule has 59 heavy (non-hydrogen) atoms. The highest BCUT2D eigenvalue weighted by molar-refractivity contribution is 14.1. The molecule has 12 rings (SSSR count). The number of aromatic nitrogens is 1. The van der Waals surface area contributed by atoms with Crippen molar-refractivity contribution in [2.75, 3.05) is 0 Å². The second kappa shape index (κ2) is 14.8. The average molecular weight is 1000 g/mol. The highest BCUT2D eigenvalue weighted by atomic mass is 127. The molecule has 0 radical (unpaired) electrons. The maximum Gasteiger partial charge on any atom is 0.0544 e. The third-order valence-electron chi connectivity index (χ3n) is 12.8. The Morgan fingerprint density at radius 1 is 0.424 bits per heavy atom. The summed E-state index contributed by atoms with van der Waals surface area (Å²) in [5.41, 5.74) is 21.0. The van der Waals surface area contributed by atoms with Crippen LogP contribution in [0.5, 0.6) is 0 Å². The van der Waals surface area contributed by atoms with Gasteiger partial charge < -0.3 is 4.57 Å². The molecule has 0 aliphatic heterocycles. The van der Waals surface area contributed by atoms with E-state index in [1.165, 1.54) is 97.8 Å². The van der Waals surface area contributed by atoms with Gasteiger partial charge in [0.1, 0.15) is 0 Å². The fourth-order valence-electron chi connectivity index (χ4n) is 9.79. The minimum Gasteiger partial charge on any atom is -0.309 e. The van der Waals surface area contributed by atoms with Gasteiger partial charge in [-0.05, 0) is 169 Å². The topological polar surface area (TPSA) is 4.93 Å². The van der Waals surface area contributed by atoms with Crippen molar-refractivity contribution in [3.63, 3.8) is 0 Å². The first-order valence-corrected chi connectivity index (χ1v) is 22.9. The highest BCUT2D eigenvalue weighted by Crippen LogP contribution is 2.53. The molecule has 8 aromatic carbocycles. The van der Waals surface area contributed by atoms with E-state index in [-0.39, 0.29) is 10.8 Å². The lowest BCUT2D eigenvalue weighted by Gasteiger charge is -2.22. The predicted molar refractivity (Wildman–Crippen MR) is 265 cm³/mol. The van der Waals surface area contributed by atoms with Gasteiger partial charge in [-0.1, -0.05) is 157 Å². The van der Waals surface area contributed by atoms with Crippen molar-refractivity contribution in [3.05, 3.63) is 216 Å². The van der Waals surface area contributed by atoms with E-state index in [1.807, 2.05) is 12.1 Å². The Bertz CT molecular complexity index is 3080. The van der Waals surface area contributed by atoms with Crippen LogP contribution in [0.2, 0.25) is 0 Å². The molecule has 0 N–H and O–H groups in total. The largest absolute Gasteiger partial charge is 0.309 e. The van der Waals surface area contributed by atoms with Gasteiger partial charge in [-0.3, -0.25) is 0 Å². The highest BCUT2D eigenvalue weighted by Gasteiger charge is 2.38. The van der Waals surface area contributed by atoms with Gasteiger partial charge >= 0.3 is 0 Å². The fraction of sp³-hybridized carbons (Fsp3) is 0.127. The predicted octanol–water partition coefficient (Wildman–Crippen LogP) is 16.5.